The number of urea groups is 1. The zero-order chi connectivity index (χ0) is 16.9. The summed E-state index contributed by atoms with van der Waals surface area (Å²) in [5, 5.41) is 8.11. The van der Waals surface area contributed by atoms with Crippen LogP contribution in [-0.2, 0) is 11.3 Å². The summed E-state index contributed by atoms with van der Waals surface area (Å²) in [6.07, 6.45) is 2.21. The predicted octanol–water partition coefficient (Wildman–Crippen LogP) is 3.22. The average Bonchev–Trinajstić information content (AvgIpc) is 3.14. The number of hydrogen-bond donors (Lipinski definition) is 2. The van der Waals surface area contributed by atoms with Crippen LogP contribution < -0.4 is 15.4 Å². The normalized spacial score (nSPS) is 18.3. The summed E-state index contributed by atoms with van der Waals surface area (Å²) >= 11 is 0. The summed E-state index contributed by atoms with van der Waals surface area (Å²) in [4.78, 5) is 12.0. The second-order valence-corrected chi connectivity index (χ2v) is 6.21. The van der Waals surface area contributed by atoms with E-state index in [0.717, 1.165) is 41.5 Å². The van der Waals surface area contributed by atoms with Gasteiger partial charge in [-0.2, -0.15) is 0 Å². The topological polar surface area (TPSA) is 59.6 Å². The summed E-state index contributed by atoms with van der Waals surface area (Å²) in [6.45, 7) is 3.27. The van der Waals surface area contributed by atoms with Crippen LogP contribution in [-0.4, -0.2) is 31.9 Å². The third-order valence-electron chi connectivity index (χ3n) is 4.45. The van der Waals surface area contributed by atoms with Crippen molar-refractivity contribution in [2.24, 2.45) is 0 Å². The third kappa shape index (κ3) is 3.97. The van der Waals surface area contributed by atoms with E-state index < -0.39 is 0 Å². The predicted molar refractivity (Wildman–Crippen MR) is 94.3 cm³/mol. The van der Waals surface area contributed by atoms with Gasteiger partial charge in [0, 0.05) is 13.2 Å². The highest BCUT2D eigenvalue weighted by Crippen LogP contribution is 2.21. The molecule has 2 unspecified atom stereocenters. The SMILES string of the molecule is COc1ccc2cc(CNC(=O)NC(C)C3CCCO3)ccc2c1. The largest absolute Gasteiger partial charge is 0.497 e. The molecule has 1 aliphatic heterocycles. The van der Waals surface area contributed by atoms with Crippen molar-refractivity contribution in [3.05, 3.63) is 42.0 Å². The molecular formula is C19H24N2O3. The first-order valence-electron chi connectivity index (χ1n) is 8.38. The van der Waals surface area contributed by atoms with Gasteiger partial charge in [-0.25, -0.2) is 4.79 Å². The molecule has 3 rings (SSSR count). The van der Waals surface area contributed by atoms with Gasteiger partial charge in [-0.05, 0) is 54.3 Å². The van der Waals surface area contributed by atoms with Gasteiger partial charge in [-0.1, -0.05) is 18.2 Å². The zero-order valence-electron chi connectivity index (χ0n) is 14.2. The summed E-state index contributed by atoms with van der Waals surface area (Å²) in [6, 6.07) is 12.0. The summed E-state index contributed by atoms with van der Waals surface area (Å²) < 4.78 is 10.8. The van der Waals surface area contributed by atoms with E-state index in [0.29, 0.717) is 6.54 Å². The molecule has 24 heavy (non-hydrogen) atoms. The molecule has 2 aromatic carbocycles. The van der Waals surface area contributed by atoms with E-state index in [4.69, 9.17) is 9.47 Å². The minimum Gasteiger partial charge on any atom is -0.497 e. The van der Waals surface area contributed by atoms with Crippen LogP contribution in [0.3, 0.4) is 0 Å². The van der Waals surface area contributed by atoms with Crippen LogP contribution in [0.25, 0.3) is 10.8 Å². The van der Waals surface area contributed by atoms with E-state index in [9.17, 15) is 4.79 Å². The highest BCUT2D eigenvalue weighted by Gasteiger charge is 2.23. The monoisotopic (exact) mass is 328 g/mol. The van der Waals surface area contributed by atoms with E-state index >= 15 is 0 Å². The van der Waals surface area contributed by atoms with Gasteiger partial charge in [0.2, 0.25) is 0 Å². The molecule has 2 N–H and O–H groups in total. The van der Waals surface area contributed by atoms with Crippen molar-refractivity contribution >= 4 is 16.8 Å². The minimum atomic E-state index is -0.159. The van der Waals surface area contributed by atoms with Crippen LogP contribution >= 0.6 is 0 Å². The number of benzene rings is 2. The molecule has 1 aliphatic rings. The van der Waals surface area contributed by atoms with Crippen LogP contribution in [0, 0.1) is 0 Å². The molecule has 0 radical (unpaired) electrons. The first-order chi connectivity index (χ1) is 11.7. The second-order valence-electron chi connectivity index (χ2n) is 6.21. The number of hydrogen-bond acceptors (Lipinski definition) is 3. The smallest absolute Gasteiger partial charge is 0.315 e. The molecule has 0 saturated carbocycles. The fraction of sp³-hybridized carbons (Fsp3) is 0.421. The number of carbonyl (C=O) groups is 1. The van der Waals surface area contributed by atoms with Gasteiger partial charge in [0.15, 0.2) is 0 Å². The van der Waals surface area contributed by atoms with Crippen LogP contribution in [0.15, 0.2) is 36.4 Å². The molecular weight excluding hydrogens is 304 g/mol. The lowest BCUT2D eigenvalue weighted by molar-refractivity contribution is 0.0860. The Morgan fingerprint density at radius 2 is 2.08 bits per heavy atom. The third-order valence-corrected chi connectivity index (χ3v) is 4.45. The maximum atomic E-state index is 12.0. The summed E-state index contributed by atoms with van der Waals surface area (Å²) in [5.74, 6) is 0.843. The molecule has 2 aromatic rings. The van der Waals surface area contributed by atoms with Crippen LogP contribution in [0.2, 0.25) is 0 Å². The molecule has 0 aromatic heterocycles. The number of rotatable bonds is 5. The molecule has 5 heteroatoms. The lowest BCUT2D eigenvalue weighted by Crippen LogP contribution is -2.45. The van der Waals surface area contributed by atoms with Gasteiger partial charge < -0.3 is 20.1 Å². The zero-order valence-corrected chi connectivity index (χ0v) is 14.2. The number of ether oxygens (including phenoxy) is 2. The number of nitrogens with one attached hydrogen (secondary N) is 2. The van der Waals surface area contributed by atoms with Crippen molar-refractivity contribution in [2.45, 2.75) is 38.5 Å². The molecule has 2 amide bonds. The Hall–Kier alpha value is -2.27. The number of methoxy groups -OCH3 is 1. The molecule has 5 nitrogen and oxygen atoms in total. The van der Waals surface area contributed by atoms with E-state index in [-0.39, 0.29) is 18.2 Å². The van der Waals surface area contributed by atoms with Crippen molar-refractivity contribution in [3.8, 4) is 5.75 Å². The molecule has 1 heterocycles. The summed E-state index contributed by atoms with van der Waals surface area (Å²) in [5.41, 5.74) is 1.06. The molecule has 2 atom stereocenters. The maximum absolute atomic E-state index is 12.0. The van der Waals surface area contributed by atoms with Crippen molar-refractivity contribution in [1.29, 1.82) is 0 Å². The minimum absolute atomic E-state index is 0.0246. The Bertz CT molecular complexity index is 711. The van der Waals surface area contributed by atoms with Crippen molar-refractivity contribution in [1.82, 2.24) is 10.6 Å². The quantitative estimate of drug-likeness (QED) is 0.886. The molecule has 0 spiro atoms. The van der Waals surface area contributed by atoms with E-state index in [2.05, 4.69) is 16.7 Å². The maximum Gasteiger partial charge on any atom is 0.315 e. The van der Waals surface area contributed by atoms with Gasteiger partial charge in [0.1, 0.15) is 5.75 Å². The fourth-order valence-electron chi connectivity index (χ4n) is 3.04. The molecule has 128 valence electrons. The molecule has 0 aliphatic carbocycles. The Kier molecular flexibility index (Phi) is 5.20. The average molecular weight is 328 g/mol. The highest BCUT2D eigenvalue weighted by molar-refractivity contribution is 5.84. The van der Waals surface area contributed by atoms with Gasteiger partial charge in [0.05, 0.1) is 19.3 Å². The second kappa shape index (κ2) is 7.53. The van der Waals surface area contributed by atoms with E-state index in [1.807, 2.05) is 37.3 Å². The van der Waals surface area contributed by atoms with Crippen molar-refractivity contribution in [2.75, 3.05) is 13.7 Å². The first kappa shape index (κ1) is 16.6. The lowest BCUT2D eigenvalue weighted by atomic mass is 10.1. The molecule has 0 bridgehead atoms. The fourth-order valence-corrected chi connectivity index (χ4v) is 3.04. The lowest BCUT2D eigenvalue weighted by Gasteiger charge is -2.20. The standard InChI is InChI=1S/C19H24N2O3/c1-13(18-4-3-9-24-18)21-19(22)20-12-14-5-6-16-11-17(23-2)8-7-15(16)10-14/h5-8,10-11,13,18H,3-4,9,12H2,1-2H3,(H2,20,21,22). The molecule has 1 saturated heterocycles. The Balaban J connectivity index is 1.55. The van der Waals surface area contributed by atoms with Crippen LogP contribution in [0.5, 0.6) is 5.75 Å². The number of amides is 2. The number of carbonyl (C=O) groups excluding carboxylic acids is 1. The summed E-state index contributed by atoms with van der Waals surface area (Å²) in [7, 11) is 1.66. The number of fused-ring (bicyclic) bond motifs is 1. The Morgan fingerprint density at radius 1 is 1.29 bits per heavy atom. The van der Waals surface area contributed by atoms with Gasteiger partial charge >= 0.3 is 6.03 Å². The van der Waals surface area contributed by atoms with Crippen molar-refractivity contribution in [3.63, 3.8) is 0 Å². The Morgan fingerprint density at radius 3 is 2.83 bits per heavy atom. The Labute approximate surface area is 142 Å². The van der Waals surface area contributed by atoms with Crippen molar-refractivity contribution < 1.29 is 14.3 Å². The first-order valence-corrected chi connectivity index (χ1v) is 8.38. The van der Waals surface area contributed by atoms with E-state index in [1.54, 1.807) is 7.11 Å². The highest BCUT2D eigenvalue weighted by atomic mass is 16.5. The molecule has 1 fully saturated rings. The van der Waals surface area contributed by atoms with Gasteiger partial charge in [-0.3, -0.25) is 0 Å². The van der Waals surface area contributed by atoms with E-state index in [1.165, 1.54) is 0 Å². The van der Waals surface area contributed by atoms with Gasteiger partial charge in [-0.15, -0.1) is 0 Å². The van der Waals surface area contributed by atoms with Crippen LogP contribution in [0.1, 0.15) is 25.3 Å². The van der Waals surface area contributed by atoms with Crippen LogP contribution in [0.4, 0.5) is 4.79 Å². The van der Waals surface area contributed by atoms with Gasteiger partial charge in [0.25, 0.3) is 0 Å².